The normalized spacial score (nSPS) is 15.4. The van der Waals surface area contributed by atoms with Crippen LogP contribution in [0.3, 0.4) is 0 Å². The highest BCUT2D eigenvalue weighted by Crippen LogP contribution is 2.28. The van der Waals surface area contributed by atoms with E-state index in [9.17, 15) is 19.2 Å². The average molecular weight is 402 g/mol. The van der Waals surface area contributed by atoms with E-state index in [1.54, 1.807) is 6.07 Å². The Balaban J connectivity index is 2.00. The van der Waals surface area contributed by atoms with Crippen LogP contribution in [0.1, 0.15) is 66.6 Å². The number of aryl methyl sites for hydroxylation is 3. The Bertz CT molecular complexity index is 825. The van der Waals surface area contributed by atoms with Gasteiger partial charge in [0.1, 0.15) is 12.1 Å². The second-order valence-corrected chi connectivity index (χ2v) is 7.74. The number of ketones is 1. The molecule has 0 aromatic heterocycles. The molecule has 0 saturated carbocycles. The fourth-order valence-electron chi connectivity index (χ4n) is 3.80. The lowest BCUT2D eigenvalue weighted by molar-refractivity contribution is -0.147. The molecule has 158 valence electrons. The van der Waals surface area contributed by atoms with E-state index < -0.39 is 36.6 Å². The van der Waals surface area contributed by atoms with Gasteiger partial charge in [0.2, 0.25) is 5.78 Å². The molecule has 0 spiro atoms. The van der Waals surface area contributed by atoms with Crippen LogP contribution in [-0.4, -0.2) is 47.3 Å². The van der Waals surface area contributed by atoms with Gasteiger partial charge in [-0.1, -0.05) is 32.8 Å². The molecule has 0 atom stereocenters. The molecule has 0 bridgehead atoms. The number of hydrogen-bond donors (Lipinski definition) is 1. The van der Waals surface area contributed by atoms with E-state index in [-0.39, 0.29) is 5.78 Å². The Morgan fingerprint density at radius 3 is 2.17 bits per heavy atom. The average Bonchev–Trinajstić information content (AvgIpc) is 2.87. The van der Waals surface area contributed by atoms with E-state index >= 15 is 0 Å². The van der Waals surface area contributed by atoms with Crippen molar-refractivity contribution in [2.24, 2.45) is 0 Å². The van der Waals surface area contributed by atoms with Crippen molar-refractivity contribution >= 4 is 23.7 Å². The molecule has 2 rings (SSSR count). The largest absolute Gasteiger partial charge is 0.456 e. The topological polar surface area (TPSA) is 92.8 Å². The van der Waals surface area contributed by atoms with Gasteiger partial charge in [-0.3, -0.25) is 19.3 Å². The van der Waals surface area contributed by atoms with Gasteiger partial charge in [0, 0.05) is 5.56 Å². The number of nitrogens with zero attached hydrogens (tertiary/aromatic N) is 1. The molecular formula is C22H30N2O5. The number of urea groups is 1. The number of rotatable bonds is 9. The molecule has 1 N–H and O–H groups in total. The fraction of sp³-hybridized carbons (Fsp3) is 0.545. The minimum atomic E-state index is -0.951. The number of benzene rings is 1. The number of imide groups is 1. The summed E-state index contributed by atoms with van der Waals surface area (Å²) in [6, 6.07) is 3.10. The first kappa shape index (κ1) is 22.6. The maximum absolute atomic E-state index is 12.8. The highest BCUT2D eigenvalue weighted by molar-refractivity contribution is 6.08. The van der Waals surface area contributed by atoms with E-state index in [1.807, 2.05) is 40.7 Å². The number of amides is 3. The molecule has 7 heteroatoms. The number of esters is 1. The van der Waals surface area contributed by atoms with Crippen LogP contribution in [0.5, 0.6) is 0 Å². The third-order valence-electron chi connectivity index (χ3n) is 5.39. The van der Waals surface area contributed by atoms with Crippen LogP contribution in [0, 0.1) is 20.8 Å². The quantitative estimate of drug-likeness (QED) is 0.389. The van der Waals surface area contributed by atoms with Crippen molar-refractivity contribution in [1.82, 2.24) is 10.2 Å². The lowest BCUT2D eigenvalue weighted by atomic mass is 9.88. The number of carbonyl (C=O) groups excluding carboxylic acids is 4. The van der Waals surface area contributed by atoms with Crippen molar-refractivity contribution in [1.29, 1.82) is 0 Å². The molecule has 1 heterocycles. The van der Waals surface area contributed by atoms with Crippen molar-refractivity contribution in [2.75, 3.05) is 13.2 Å². The van der Waals surface area contributed by atoms with Crippen LogP contribution in [0.15, 0.2) is 12.1 Å². The summed E-state index contributed by atoms with van der Waals surface area (Å²) in [6.45, 7) is 8.65. The summed E-state index contributed by atoms with van der Waals surface area (Å²) in [5.41, 5.74) is 2.42. The summed E-state index contributed by atoms with van der Waals surface area (Å²) >= 11 is 0. The van der Waals surface area contributed by atoms with Gasteiger partial charge in [-0.15, -0.1) is 0 Å². The number of hydrogen-bond acceptors (Lipinski definition) is 5. The van der Waals surface area contributed by atoms with Gasteiger partial charge in [-0.25, -0.2) is 4.79 Å². The molecule has 1 aliphatic rings. The summed E-state index contributed by atoms with van der Waals surface area (Å²) in [5.74, 6) is -1.51. The summed E-state index contributed by atoms with van der Waals surface area (Å²) < 4.78 is 5.07. The summed E-state index contributed by atoms with van der Waals surface area (Å²) in [4.78, 5) is 50.6. The molecule has 1 fully saturated rings. The summed E-state index contributed by atoms with van der Waals surface area (Å²) in [6.07, 6.45) is 2.49. The fourth-order valence-corrected chi connectivity index (χ4v) is 3.80. The Morgan fingerprint density at radius 2 is 1.59 bits per heavy atom. The van der Waals surface area contributed by atoms with Gasteiger partial charge in [0.05, 0.1) is 0 Å². The van der Waals surface area contributed by atoms with Crippen molar-refractivity contribution in [3.8, 4) is 0 Å². The molecule has 7 nitrogen and oxygen atoms in total. The zero-order chi connectivity index (χ0) is 21.8. The minimum absolute atomic E-state index is 0.317. The Kier molecular flexibility index (Phi) is 7.16. The van der Waals surface area contributed by atoms with Crippen LogP contribution in [-0.2, 0) is 14.3 Å². The molecule has 3 amide bonds. The third-order valence-corrected chi connectivity index (χ3v) is 5.39. The van der Waals surface area contributed by atoms with Crippen LogP contribution in [0.25, 0.3) is 0 Å². The lowest BCUT2D eigenvalue weighted by Crippen LogP contribution is -2.47. The molecule has 0 aliphatic carbocycles. The molecule has 1 saturated heterocycles. The van der Waals surface area contributed by atoms with Gasteiger partial charge in [0.25, 0.3) is 5.91 Å². The van der Waals surface area contributed by atoms with E-state index in [0.29, 0.717) is 18.4 Å². The minimum Gasteiger partial charge on any atom is -0.456 e. The smallest absolute Gasteiger partial charge is 0.326 e. The maximum Gasteiger partial charge on any atom is 0.326 e. The molecule has 1 aliphatic heterocycles. The van der Waals surface area contributed by atoms with E-state index in [2.05, 4.69) is 5.32 Å². The lowest BCUT2D eigenvalue weighted by Gasteiger charge is -2.25. The second-order valence-electron chi connectivity index (χ2n) is 7.74. The van der Waals surface area contributed by atoms with Crippen LogP contribution < -0.4 is 5.32 Å². The Morgan fingerprint density at radius 1 is 1.00 bits per heavy atom. The highest BCUT2D eigenvalue weighted by Gasteiger charge is 2.50. The molecule has 0 unspecified atom stereocenters. The van der Waals surface area contributed by atoms with Crippen molar-refractivity contribution in [3.05, 3.63) is 34.4 Å². The van der Waals surface area contributed by atoms with Crippen molar-refractivity contribution in [3.63, 3.8) is 0 Å². The number of Topliss-reactive ketones (excluding diaryl/α,β-unsaturated/α-hetero) is 1. The van der Waals surface area contributed by atoms with E-state index in [4.69, 9.17) is 4.74 Å². The van der Waals surface area contributed by atoms with Gasteiger partial charge in [0.15, 0.2) is 6.61 Å². The first-order valence-corrected chi connectivity index (χ1v) is 10.1. The SMILES string of the molecule is CCCC1(CCC)NC(=O)N(CC(=O)OCC(=O)c2cc(C)c(C)cc2C)C1=O. The monoisotopic (exact) mass is 402 g/mol. The predicted octanol–water partition coefficient (Wildman–Crippen LogP) is 3.23. The number of nitrogens with one attached hydrogen (secondary N) is 1. The first-order valence-electron chi connectivity index (χ1n) is 10.1. The summed E-state index contributed by atoms with van der Waals surface area (Å²) in [5, 5.41) is 2.75. The first-order chi connectivity index (χ1) is 13.6. The maximum atomic E-state index is 12.8. The molecule has 1 aromatic carbocycles. The van der Waals surface area contributed by atoms with Crippen molar-refractivity contribution in [2.45, 2.75) is 65.8 Å². The zero-order valence-corrected chi connectivity index (χ0v) is 17.9. The second kappa shape index (κ2) is 9.20. The van der Waals surface area contributed by atoms with Gasteiger partial charge < -0.3 is 10.1 Å². The van der Waals surface area contributed by atoms with Crippen LogP contribution in [0.4, 0.5) is 4.79 Å². The van der Waals surface area contributed by atoms with E-state index in [1.165, 1.54) is 0 Å². The predicted molar refractivity (Wildman–Crippen MR) is 109 cm³/mol. The third kappa shape index (κ3) is 4.83. The Labute approximate surface area is 171 Å². The highest BCUT2D eigenvalue weighted by atomic mass is 16.5. The molecule has 29 heavy (non-hydrogen) atoms. The van der Waals surface area contributed by atoms with Crippen LogP contribution in [0.2, 0.25) is 0 Å². The molecule has 0 radical (unpaired) electrons. The number of ether oxygens (including phenoxy) is 1. The van der Waals surface area contributed by atoms with Gasteiger partial charge >= 0.3 is 12.0 Å². The van der Waals surface area contributed by atoms with Gasteiger partial charge in [-0.05, 0) is 56.4 Å². The van der Waals surface area contributed by atoms with Crippen molar-refractivity contribution < 1.29 is 23.9 Å². The molecular weight excluding hydrogens is 372 g/mol. The zero-order valence-electron chi connectivity index (χ0n) is 17.9. The standard InChI is InChI=1S/C22H30N2O5/c1-6-8-22(9-7-2)20(27)24(21(28)23-22)12-19(26)29-13-18(25)17-11-15(4)14(3)10-16(17)5/h10-11H,6-9,12-13H2,1-5H3,(H,23,28). The number of carbonyl (C=O) groups is 4. The van der Waals surface area contributed by atoms with Gasteiger partial charge in [-0.2, -0.15) is 0 Å². The Hall–Kier alpha value is -2.70. The van der Waals surface area contributed by atoms with E-state index in [0.717, 1.165) is 34.4 Å². The van der Waals surface area contributed by atoms with Crippen LogP contribution >= 0.6 is 0 Å². The summed E-state index contributed by atoms with van der Waals surface area (Å²) in [7, 11) is 0. The molecule has 1 aromatic rings.